The van der Waals surface area contributed by atoms with Gasteiger partial charge in [0.15, 0.2) is 0 Å². The van der Waals surface area contributed by atoms with E-state index in [1.165, 1.54) is 163 Å². The Labute approximate surface area is 471 Å². The quantitative estimate of drug-likeness (QED) is 0.151. The van der Waals surface area contributed by atoms with Gasteiger partial charge in [-0.25, -0.2) is 0 Å². The fourth-order valence-corrected chi connectivity index (χ4v) is 20.6. The Morgan fingerprint density at radius 3 is 1.15 bits per heavy atom. The van der Waals surface area contributed by atoms with Crippen LogP contribution in [0.1, 0.15) is 22.3 Å². The Bertz CT molecular complexity index is 5080. The average molecular weight is 1060 g/mol. The lowest BCUT2D eigenvalue weighted by Crippen LogP contribution is -2.26. The van der Waals surface area contributed by atoms with Crippen LogP contribution >= 0.6 is 15.1 Å². The highest BCUT2D eigenvalue weighted by molar-refractivity contribution is 7.68. The van der Waals surface area contributed by atoms with Crippen LogP contribution in [0, 0.1) is 0 Å². The summed E-state index contributed by atoms with van der Waals surface area (Å²) in [5, 5.41) is 21.4. The zero-order chi connectivity index (χ0) is 52.9. The van der Waals surface area contributed by atoms with Crippen LogP contribution in [0.2, 0.25) is 0 Å². The van der Waals surface area contributed by atoms with Crippen molar-refractivity contribution in [1.82, 2.24) is 0 Å². The van der Waals surface area contributed by atoms with Crippen molar-refractivity contribution in [2.75, 3.05) is 0 Å². The molecule has 2 aliphatic rings. The summed E-state index contributed by atoms with van der Waals surface area (Å²) in [6, 6.07) is 112. The third-order valence-corrected chi connectivity index (χ3v) is 23.4. The van der Waals surface area contributed by atoms with Gasteiger partial charge in [-0.2, -0.15) is 0 Å². The molecular formula is C79H48P2. The number of rotatable bonds is 5. The fourth-order valence-electron chi connectivity index (χ4n) is 15.3. The van der Waals surface area contributed by atoms with Crippen molar-refractivity contribution >= 4 is 89.4 Å². The molecule has 14 aromatic carbocycles. The topological polar surface area (TPSA) is 0 Å². The van der Waals surface area contributed by atoms with Gasteiger partial charge < -0.3 is 0 Å². The predicted molar refractivity (Wildman–Crippen MR) is 350 cm³/mol. The molecule has 0 radical (unpaired) electrons. The Morgan fingerprint density at radius 1 is 0.222 bits per heavy atom. The molecule has 0 N–H and O–H groups in total. The van der Waals surface area contributed by atoms with Gasteiger partial charge in [0, 0.05) is 31.2 Å². The van der Waals surface area contributed by atoms with Gasteiger partial charge in [-0.15, -0.1) is 0 Å². The summed E-state index contributed by atoms with van der Waals surface area (Å²) in [6.45, 7) is 0. The van der Waals surface area contributed by atoms with E-state index in [4.69, 9.17) is 0 Å². The molecule has 374 valence electrons. The maximum Gasteiger partial charge on any atom is 0.0731 e. The van der Waals surface area contributed by atoms with Crippen molar-refractivity contribution in [2.24, 2.45) is 0 Å². The van der Waals surface area contributed by atoms with Crippen LogP contribution in [-0.2, 0) is 5.41 Å². The Hall–Kier alpha value is -9.54. The molecule has 16 aromatic rings. The van der Waals surface area contributed by atoms with Crippen LogP contribution in [0.5, 0.6) is 0 Å². The lowest BCUT2D eigenvalue weighted by molar-refractivity contribution is 0.796. The minimum absolute atomic E-state index is 0.584. The van der Waals surface area contributed by atoms with E-state index in [-0.39, 0.29) is 0 Å². The molecule has 1 spiro atoms. The normalized spacial score (nSPS) is 13.5. The Morgan fingerprint density at radius 2 is 0.605 bits per heavy atom. The molecule has 2 heterocycles. The molecule has 0 bridgehead atoms. The second-order valence-corrected chi connectivity index (χ2v) is 26.4. The largest absolute Gasteiger partial charge is 0.0772 e. The molecule has 0 nitrogen and oxygen atoms in total. The van der Waals surface area contributed by atoms with Gasteiger partial charge in [-0.3, -0.25) is 0 Å². The van der Waals surface area contributed by atoms with E-state index in [0.29, 0.717) is 0 Å². The standard InChI is InChI=1S/C79H48P2/c1-3-24-50(25-4-1)80-70-43-17-12-32-62(70)75-57(38-21-45-72(75)80)53-34-19-36-59-64(53)48-65-54(58-39-22-46-73-76(58)63-33-13-18-44-71(63)81(73)51-26-5-2-6-27-51)35-20-37-60(65)74(59)66-47-49-23-7-8-28-52(49)77-61-31-11-16-42-69(61)79(78(66)77)67-40-14-9-29-55(67)56-30-10-15-41-68(56)79/h1-48H. The predicted octanol–water partition coefficient (Wildman–Crippen LogP) is 23.1. The van der Waals surface area contributed by atoms with Crippen molar-refractivity contribution in [3.8, 4) is 66.2 Å². The number of benzene rings is 14. The summed E-state index contributed by atoms with van der Waals surface area (Å²) < 4.78 is 0. The number of hydrogen-bond donors (Lipinski definition) is 0. The molecule has 0 aliphatic heterocycles. The molecule has 2 aliphatic carbocycles. The van der Waals surface area contributed by atoms with Crippen LogP contribution in [0.15, 0.2) is 291 Å². The third-order valence-electron chi connectivity index (χ3n) is 18.3. The van der Waals surface area contributed by atoms with Gasteiger partial charge in [0.25, 0.3) is 0 Å². The second kappa shape index (κ2) is 17.2. The fraction of sp³-hybridized carbons (Fsp3) is 0.0127. The van der Waals surface area contributed by atoms with Crippen LogP contribution < -0.4 is 0 Å². The van der Waals surface area contributed by atoms with Crippen LogP contribution in [0.3, 0.4) is 0 Å². The van der Waals surface area contributed by atoms with Crippen LogP contribution in [-0.4, -0.2) is 0 Å². The highest BCUT2D eigenvalue weighted by Gasteiger charge is 2.53. The van der Waals surface area contributed by atoms with Gasteiger partial charge >= 0.3 is 0 Å². The summed E-state index contributed by atoms with van der Waals surface area (Å²) >= 11 is 0. The molecular weight excluding hydrogens is 1010 g/mol. The Kier molecular flexibility index (Phi) is 9.64. The first-order chi connectivity index (χ1) is 40.3. The first-order valence-corrected chi connectivity index (χ1v) is 30.9. The van der Waals surface area contributed by atoms with Crippen molar-refractivity contribution in [1.29, 1.82) is 0 Å². The van der Waals surface area contributed by atoms with Gasteiger partial charge in [-0.1, -0.05) is 282 Å². The monoisotopic (exact) mass is 1060 g/mol. The minimum Gasteiger partial charge on any atom is -0.0772 e. The Balaban J connectivity index is 1.03. The SMILES string of the molecule is c1ccc(-p2c3ccccc3c3c(-c4cccc5c(-c6cc7ccccc7c7c6C6(c8ccccc8-c8ccccc86)c6ccccc6-7)c6cccc(-c7cccc8c7c7ccccc7p8-c7ccccc7)c6cc45)cccc32)cc1. The molecule has 0 saturated carbocycles. The summed E-state index contributed by atoms with van der Waals surface area (Å²) in [4.78, 5) is 0. The van der Waals surface area contributed by atoms with E-state index >= 15 is 0 Å². The van der Waals surface area contributed by atoms with Gasteiger partial charge in [0.1, 0.15) is 0 Å². The maximum absolute atomic E-state index is 2.59. The smallest absolute Gasteiger partial charge is 0.0731 e. The second-order valence-electron chi connectivity index (χ2n) is 22.1. The van der Waals surface area contributed by atoms with Gasteiger partial charge in [0.05, 0.1) is 5.41 Å². The average Bonchev–Trinajstić information content (AvgIpc) is 2.83. The first-order valence-electron chi connectivity index (χ1n) is 28.3. The number of hydrogen-bond acceptors (Lipinski definition) is 0. The molecule has 2 unspecified atom stereocenters. The summed E-state index contributed by atoms with van der Waals surface area (Å²) in [6.07, 6.45) is 0. The third kappa shape index (κ3) is 6.11. The molecule has 2 aromatic heterocycles. The van der Waals surface area contributed by atoms with Gasteiger partial charge in [0.2, 0.25) is 0 Å². The first kappa shape index (κ1) is 45.3. The summed E-state index contributed by atoms with van der Waals surface area (Å²) in [7, 11) is -1.53. The van der Waals surface area contributed by atoms with Crippen LogP contribution in [0.4, 0.5) is 0 Å². The zero-order valence-electron chi connectivity index (χ0n) is 44.1. The van der Waals surface area contributed by atoms with E-state index in [1.807, 2.05) is 0 Å². The summed E-state index contributed by atoms with van der Waals surface area (Å²) in [5.41, 5.74) is 17.7. The van der Waals surface area contributed by atoms with Crippen molar-refractivity contribution < 1.29 is 0 Å². The molecule has 2 heteroatoms. The molecule has 0 fully saturated rings. The lowest BCUT2D eigenvalue weighted by Gasteiger charge is -2.33. The van der Waals surface area contributed by atoms with Crippen molar-refractivity contribution in [3.05, 3.63) is 313 Å². The molecule has 0 amide bonds. The highest BCUT2D eigenvalue weighted by Crippen LogP contribution is 2.67. The molecule has 81 heavy (non-hydrogen) atoms. The van der Waals surface area contributed by atoms with E-state index in [2.05, 4.69) is 291 Å². The highest BCUT2D eigenvalue weighted by atomic mass is 31.1. The van der Waals surface area contributed by atoms with Crippen molar-refractivity contribution in [2.45, 2.75) is 5.41 Å². The molecule has 2 atom stereocenters. The lowest BCUT2D eigenvalue weighted by atomic mass is 9.68. The summed E-state index contributed by atoms with van der Waals surface area (Å²) in [5.74, 6) is 0. The zero-order valence-corrected chi connectivity index (χ0v) is 45.9. The van der Waals surface area contributed by atoms with Crippen molar-refractivity contribution in [3.63, 3.8) is 0 Å². The van der Waals surface area contributed by atoms with E-state index in [1.54, 1.807) is 0 Å². The van der Waals surface area contributed by atoms with E-state index in [0.717, 1.165) is 0 Å². The van der Waals surface area contributed by atoms with Gasteiger partial charge in [-0.05, 0) is 156 Å². The van der Waals surface area contributed by atoms with E-state index in [9.17, 15) is 0 Å². The molecule has 0 saturated heterocycles. The van der Waals surface area contributed by atoms with E-state index < -0.39 is 20.5 Å². The maximum atomic E-state index is 2.59. The number of fused-ring (bicyclic) bond motifs is 20. The minimum atomic E-state index is -0.765. The van der Waals surface area contributed by atoms with Crippen LogP contribution in [0.25, 0.3) is 141 Å². The molecule has 18 rings (SSSR count).